The van der Waals surface area contributed by atoms with Crippen LogP contribution >= 0.6 is 12.4 Å². The molecule has 3 aromatic rings. The van der Waals surface area contributed by atoms with Crippen LogP contribution in [-0.2, 0) is 25.9 Å². The maximum atomic E-state index is 4.43. The van der Waals surface area contributed by atoms with Gasteiger partial charge in [0.2, 0.25) is 0 Å². The monoisotopic (exact) mass is 355 g/mol. The number of aryl methyl sites for hydroxylation is 4. The molecule has 2 aromatic heterocycles. The lowest BCUT2D eigenvalue weighted by atomic mass is 10.0. The van der Waals surface area contributed by atoms with Crippen LogP contribution in [0.25, 0.3) is 10.9 Å². The number of rotatable bonds is 3. The lowest BCUT2D eigenvalue weighted by molar-refractivity contribution is 0.309. The summed E-state index contributed by atoms with van der Waals surface area (Å²) in [6.07, 6.45) is 4.20. The highest BCUT2D eigenvalue weighted by Crippen LogP contribution is 2.31. The van der Waals surface area contributed by atoms with E-state index >= 15 is 0 Å². The molecule has 0 saturated carbocycles. The first-order valence-corrected chi connectivity index (χ1v) is 8.82. The first-order chi connectivity index (χ1) is 11.6. The summed E-state index contributed by atoms with van der Waals surface area (Å²) in [7, 11) is 2.22. The minimum atomic E-state index is 0. The summed E-state index contributed by atoms with van der Waals surface area (Å²) in [6, 6.07) is 11.2. The Morgan fingerprint density at radius 3 is 2.72 bits per heavy atom. The quantitative estimate of drug-likeness (QED) is 0.698. The van der Waals surface area contributed by atoms with Gasteiger partial charge in [0, 0.05) is 54.5 Å². The predicted octanol–water partition coefficient (Wildman–Crippen LogP) is 4.31. The number of fused-ring (bicyclic) bond motifs is 3. The normalized spacial score (nSPS) is 14.4. The molecular weight excluding hydrogens is 330 g/mol. The third-order valence-electron chi connectivity index (χ3n) is 5.20. The average molecular weight is 356 g/mol. The van der Waals surface area contributed by atoms with Gasteiger partial charge in [0.1, 0.15) is 0 Å². The van der Waals surface area contributed by atoms with Crippen LogP contribution in [0, 0.1) is 13.8 Å². The maximum Gasteiger partial charge on any atom is 0.0486 e. The van der Waals surface area contributed by atoms with Crippen molar-refractivity contribution < 1.29 is 0 Å². The van der Waals surface area contributed by atoms with Crippen LogP contribution in [0.3, 0.4) is 0 Å². The van der Waals surface area contributed by atoms with E-state index in [1.54, 1.807) is 0 Å². The van der Waals surface area contributed by atoms with Crippen molar-refractivity contribution in [2.75, 3.05) is 13.6 Å². The summed E-state index contributed by atoms with van der Waals surface area (Å²) in [5, 5.41) is 1.44. The number of hydrogen-bond donors (Lipinski definition) is 0. The number of pyridine rings is 1. The van der Waals surface area contributed by atoms with E-state index in [0.717, 1.165) is 38.2 Å². The van der Waals surface area contributed by atoms with Gasteiger partial charge in [0.25, 0.3) is 0 Å². The van der Waals surface area contributed by atoms with E-state index in [1.807, 2.05) is 13.1 Å². The SMILES string of the molecule is Cc1ccc2c(c1)c1c(n2CCc2ccc(C)nc2)CCN(C)C1.Cl. The summed E-state index contributed by atoms with van der Waals surface area (Å²) in [5.41, 5.74) is 8.20. The van der Waals surface area contributed by atoms with Crippen LogP contribution in [0.1, 0.15) is 28.1 Å². The van der Waals surface area contributed by atoms with Gasteiger partial charge >= 0.3 is 0 Å². The van der Waals surface area contributed by atoms with Gasteiger partial charge in [-0.2, -0.15) is 0 Å². The van der Waals surface area contributed by atoms with Gasteiger partial charge in [0.15, 0.2) is 0 Å². The standard InChI is InChI=1S/C21H25N3.ClH/c1-15-4-7-20-18(12-15)19-14-23(3)10-9-21(19)24(20)11-8-17-6-5-16(2)22-13-17;/h4-7,12-13H,8-11,14H2,1-3H3;1H. The molecule has 0 spiro atoms. The van der Waals surface area contributed by atoms with Crippen LogP contribution in [0.15, 0.2) is 36.5 Å². The zero-order chi connectivity index (χ0) is 16.7. The highest BCUT2D eigenvalue weighted by atomic mass is 35.5. The van der Waals surface area contributed by atoms with Crippen molar-refractivity contribution in [2.45, 2.75) is 39.8 Å². The van der Waals surface area contributed by atoms with Crippen molar-refractivity contribution in [2.24, 2.45) is 0 Å². The largest absolute Gasteiger partial charge is 0.344 e. The van der Waals surface area contributed by atoms with E-state index in [-0.39, 0.29) is 12.4 Å². The lowest BCUT2D eigenvalue weighted by Crippen LogP contribution is -2.27. The van der Waals surface area contributed by atoms with Crippen molar-refractivity contribution in [3.05, 3.63) is 64.6 Å². The fraction of sp³-hybridized carbons (Fsp3) is 0.381. The zero-order valence-electron chi connectivity index (χ0n) is 15.2. The number of hydrogen-bond acceptors (Lipinski definition) is 2. The fourth-order valence-electron chi connectivity index (χ4n) is 3.84. The zero-order valence-corrected chi connectivity index (χ0v) is 16.1. The average Bonchev–Trinajstić information content (AvgIpc) is 2.87. The molecule has 3 heterocycles. The predicted molar refractivity (Wildman–Crippen MR) is 107 cm³/mol. The first-order valence-electron chi connectivity index (χ1n) is 8.82. The third kappa shape index (κ3) is 3.44. The molecule has 4 rings (SSSR count). The highest BCUT2D eigenvalue weighted by molar-refractivity contribution is 5.86. The third-order valence-corrected chi connectivity index (χ3v) is 5.20. The first kappa shape index (κ1) is 18.0. The second kappa shape index (κ2) is 7.19. The van der Waals surface area contributed by atoms with Gasteiger partial charge in [-0.25, -0.2) is 0 Å². The molecule has 3 nitrogen and oxygen atoms in total. The molecule has 132 valence electrons. The number of halogens is 1. The molecule has 0 saturated heterocycles. The lowest BCUT2D eigenvalue weighted by Gasteiger charge is -2.24. The maximum absolute atomic E-state index is 4.43. The van der Waals surface area contributed by atoms with Gasteiger partial charge in [0.05, 0.1) is 0 Å². The van der Waals surface area contributed by atoms with Gasteiger partial charge in [-0.1, -0.05) is 17.7 Å². The molecule has 0 fully saturated rings. The number of aromatic nitrogens is 2. The molecule has 0 atom stereocenters. The molecule has 1 aliphatic heterocycles. The van der Waals surface area contributed by atoms with E-state index in [1.165, 1.54) is 33.3 Å². The topological polar surface area (TPSA) is 21.1 Å². The summed E-state index contributed by atoms with van der Waals surface area (Å²) >= 11 is 0. The molecule has 1 aliphatic rings. The minimum Gasteiger partial charge on any atom is -0.344 e. The molecular formula is C21H26ClN3. The molecule has 0 amide bonds. The number of nitrogens with zero attached hydrogens (tertiary/aromatic N) is 3. The van der Waals surface area contributed by atoms with Crippen molar-refractivity contribution in [1.82, 2.24) is 14.5 Å². The smallest absolute Gasteiger partial charge is 0.0486 e. The molecule has 0 N–H and O–H groups in total. The molecule has 1 aromatic carbocycles. The van der Waals surface area contributed by atoms with E-state index in [0.29, 0.717) is 0 Å². The second-order valence-corrected chi connectivity index (χ2v) is 7.14. The van der Waals surface area contributed by atoms with E-state index in [2.05, 4.69) is 58.8 Å². The minimum absolute atomic E-state index is 0. The molecule has 4 heteroatoms. The Morgan fingerprint density at radius 1 is 1.12 bits per heavy atom. The Kier molecular flexibility index (Phi) is 5.16. The van der Waals surface area contributed by atoms with E-state index in [4.69, 9.17) is 0 Å². The van der Waals surface area contributed by atoms with Gasteiger partial charge in [-0.05, 0) is 56.6 Å². The molecule has 0 bridgehead atoms. The van der Waals surface area contributed by atoms with Gasteiger partial charge < -0.3 is 9.47 Å². The van der Waals surface area contributed by atoms with E-state index < -0.39 is 0 Å². The van der Waals surface area contributed by atoms with E-state index in [9.17, 15) is 0 Å². The Bertz CT molecular complexity index is 880. The Labute approximate surface area is 156 Å². The van der Waals surface area contributed by atoms with Crippen molar-refractivity contribution in [3.8, 4) is 0 Å². The fourth-order valence-corrected chi connectivity index (χ4v) is 3.84. The summed E-state index contributed by atoms with van der Waals surface area (Å²) in [5.74, 6) is 0. The second-order valence-electron chi connectivity index (χ2n) is 7.14. The van der Waals surface area contributed by atoms with Gasteiger partial charge in [-0.15, -0.1) is 12.4 Å². The Morgan fingerprint density at radius 2 is 1.96 bits per heavy atom. The summed E-state index contributed by atoms with van der Waals surface area (Å²) in [6.45, 7) is 7.47. The Balaban J connectivity index is 0.00000182. The van der Waals surface area contributed by atoms with Crippen LogP contribution < -0.4 is 0 Å². The van der Waals surface area contributed by atoms with Crippen LogP contribution in [0.2, 0.25) is 0 Å². The molecule has 25 heavy (non-hydrogen) atoms. The van der Waals surface area contributed by atoms with Crippen LogP contribution in [-0.4, -0.2) is 28.0 Å². The molecule has 0 radical (unpaired) electrons. The Hall–Kier alpha value is -1.84. The van der Waals surface area contributed by atoms with Crippen LogP contribution in [0.4, 0.5) is 0 Å². The molecule has 0 aliphatic carbocycles. The summed E-state index contributed by atoms with van der Waals surface area (Å²) < 4.78 is 2.55. The highest BCUT2D eigenvalue weighted by Gasteiger charge is 2.22. The number of likely N-dealkylation sites (N-methyl/N-ethyl adjacent to an activating group) is 1. The van der Waals surface area contributed by atoms with Gasteiger partial charge in [-0.3, -0.25) is 4.98 Å². The van der Waals surface area contributed by atoms with Crippen molar-refractivity contribution in [3.63, 3.8) is 0 Å². The summed E-state index contributed by atoms with van der Waals surface area (Å²) in [4.78, 5) is 6.86. The number of benzene rings is 1. The van der Waals surface area contributed by atoms with Crippen molar-refractivity contribution in [1.29, 1.82) is 0 Å². The molecule has 0 unspecified atom stereocenters. The van der Waals surface area contributed by atoms with Crippen LogP contribution in [0.5, 0.6) is 0 Å². The van der Waals surface area contributed by atoms with Crippen molar-refractivity contribution >= 4 is 23.3 Å².